The van der Waals surface area contributed by atoms with Gasteiger partial charge in [0.1, 0.15) is 29.8 Å². The molecule has 0 aliphatic carbocycles. The van der Waals surface area contributed by atoms with Gasteiger partial charge < -0.3 is 40.3 Å². The summed E-state index contributed by atoms with van der Waals surface area (Å²) in [6.07, 6.45) is 2.68. The Bertz CT molecular complexity index is 1500. The van der Waals surface area contributed by atoms with Crippen molar-refractivity contribution in [2.75, 3.05) is 62.5 Å². The summed E-state index contributed by atoms with van der Waals surface area (Å²) >= 11 is 0. The maximum absolute atomic E-state index is 13.3. The van der Waals surface area contributed by atoms with E-state index in [2.05, 4.69) is 30.1 Å². The van der Waals surface area contributed by atoms with Crippen molar-refractivity contribution in [3.63, 3.8) is 0 Å². The smallest absolute Gasteiger partial charge is 0.295 e. The van der Waals surface area contributed by atoms with Gasteiger partial charge in [0.15, 0.2) is 11.4 Å². The summed E-state index contributed by atoms with van der Waals surface area (Å²) in [7, 11) is 1.64. The van der Waals surface area contributed by atoms with E-state index < -0.39 is 6.04 Å². The first kappa shape index (κ1) is 26.7. The molecule has 4 heterocycles. The van der Waals surface area contributed by atoms with Gasteiger partial charge in [0.25, 0.3) is 6.21 Å². The van der Waals surface area contributed by atoms with Crippen LogP contribution in [0.4, 0.5) is 17.5 Å². The van der Waals surface area contributed by atoms with Crippen LogP contribution in [0.25, 0.3) is 22.8 Å². The van der Waals surface area contributed by atoms with Crippen molar-refractivity contribution in [2.45, 2.75) is 13.0 Å². The van der Waals surface area contributed by atoms with E-state index in [0.29, 0.717) is 62.2 Å². The molecule has 0 saturated carbocycles. The number of carbonyl (C=O) groups is 1. The molecule has 1 unspecified atom stereocenters. The third-order valence-electron chi connectivity index (χ3n) is 6.55. The number of ether oxygens (including phenoxy) is 2. The molecule has 3 N–H and O–H groups in total. The molecule has 1 fully saturated rings. The average molecular weight is 547 g/mol. The van der Waals surface area contributed by atoms with Crippen LogP contribution in [0.15, 0.2) is 47.1 Å². The van der Waals surface area contributed by atoms with Crippen LogP contribution in [0.2, 0.25) is 0 Å². The zero-order valence-corrected chi connectivity index (χ0v) is 22.2. The highest BCUT2D eigenvalue weighted by molar-refractivity contribution is 5.93. The normalized spacial score (nSPS) is 14.2. The van der Waals surface area contributed by atoms with E-state index in [1.54, 1.807) is 26.2 Å². The molecule has 3 aromatic heterocycles. The molecule has 1 aromatic carbocycles. The molecule has 5 rings (SSSR count). The number of nitrogen functional groups attached to an aromatic ring is 1. The Hall–Kier alpha value is -4.94. The first-order valence-electron chi connectivity index (χ1n) is 12.8. The molecule has 1 saturated heterocycles. The van der Waals surface area contributed by atoms with Gasteiger partial charge in [-0.3, -0.25) is 4.79 Å². The van der Waals surface area contributed by atoms with E-state index >= 15 is 0 Å². The average Bonchev–Trinajstić information content (AvgIpc) is 3.66. The number of furan rings is 1. The fraction of sp³-hybridized carbons (Fsp3) is 0.346. The molecule has 14 heteroatoms. The second kappa shape index (κ2) is 11.8. The summed E-state index contributed by atoms with van der Waals surface area (Å²) in [6, 6.07) is 10.7. The standard InChI is InChI=1S/C26H30N10O4/c1-17(25(37)35-11-9-34(10-12-35)18-5-7-19(8-6-18)39-15-14-38-2)30-22-20(16-29-28)24-31-23(21-4-3-13-40-21)33-36(24)26(27)32-22/h3-8,13,16-17,30H,9-12,14-15H2,1-2H3,(H2,27,32). The minimum Gasteiger partial charge on any atom is -0.491 e. The third kappa shape index (κ3) is 5.58. The number of methoxy groups -OCH3 is 1. The zero-order chi connectivity index (χ0) is 28.1. The van der Waals surface area contributed by atoms with Gasteiger partial charge in [0, 0.05) is 39.0 Å². The maximum atomic E-state index is 13.3. The molecule has 4 aromatic rings. The lowest BCUT2D eigenvalue weighted by molar-refractivity contribution is -0.131. The van der Waals surface area contributed by atoms with Gasteiger partial charge in [0.05, 0.1) is 12.9 Å². The number of anilines is 3. The van der Waals surface area contributed by atoms with E-state index in [1.165, 1.54) is 17.0 Å². The fourth-order valence-electron chi connectivity index (χ4n) is 4.49. The number of rotatable bonds is 10. The Morgan fingerprint density at radius 1 is 1.20 bits per heavy atom. The van der Waals surface area contributed by atoms with E-state index in [0.717, 1.165) is 11.4 Å². The largest absolute Gasteiger partial charge is 0.491 e. The number of benzene rings is 1. The lowest BCUT2D eigenvalue weighted by Crippen LogP contribution is -2.52. The van der Waals surface area contributed by atoms with E-state index in [1.807, 2.05) is 29.2 Å². The van der Waals surface area contributed by atoms with Crippen molar-refractivity contribution in [3.8, 4) is 17.3 Å². The summed E-state index contributed by atoms with van der Waals surface area (Å²) in [4.78, 5) is 29.4. The lowest BCUT2D eigenvalue weighted by atomic mass is 10.2. The monoisotopic (exact) mass is 546 g/mol. The predicted octanol–water partition coefficient (Wildman–Crippen LogP) is 1.79. The Kier molecular flexibility index (Phi) is 7.89. The number of nitrogens with two attached hydrogens (primary N) is 1. The zero-order valence-electron chi connectivity index (χ0n) is 22.2. The number of piperazine rings is 1. The fourth-order valence-corrected chi connectivity index (χ4v) is 4.49. The van der Waals surface area contributed by atoms with Gasteiger partial charge >= 0.3 is 0 Å². The Morgan fingerprint density at radius 2 is 1.98 bits per heavy atom. The van der Waals surface area contributed by atoms with E-state index in [4.69, 9.17) is 19.6 Å². The quantitative estimate of drug-likeness (QED) is 0.129. The van der Waals surface area contributed by atoms with Crippen molar-refractivity contribution in [2.24, 2.45) is 0 Å². The van der Waals surface area contributed by atoms with E-state index in [9.17, 15) is 10.3 Å². The molecule has 0 bridgehead atoms. The molecule has 0 spiro atoms. The number of fused-ring (bicyclic) bond motifs is 1. The lowest BCUT2D eigenvalue weighted by Gasteiger charge is -2.37. The van der Waals surface area contributed by atoms with Crippen LogP contribution in [-0.4, -0.2) is 93.9 Å². The van der Waals surface area contributed by atoms with Gasteiger partial charge in [-0.25, -0.2) is 4.98 Å². The van der Waals surface area contributed by atoms with Gasteiger partial charge in [0.2, 0.25) is 17.7 Å². The van der Waals surface area contributed by atoms with Crippen LogP contribution in [0.3, 0.4) is 0 Å². The highest BCUT2D eigenvalue weighted by Crippen LogP contribution is 2.24. The van der Waals surface area contributed by atoms with Crippen LogP contribution in [0.1, 0.15) is 12.5 Å². The van der Waals surface area contributed by atoms with Crippen molar-refractivity contribution in [1.82, 2.24) is 24.5 Å². The molecular formula is C26H30N10O4. The van der Waals surface area contributed by atoms with Gasteiger partial charge in [-0.15, -0.1) is 5.10 Å². The molecule has 1 aliphatic heterocycles. The number of nitrogens with one attached hydrogen (secondary N) is 1. The molecule has 40 heavy (non-hydrogen) atoms. The molecule has 1 atom stereocenters. The van der Waals surface area contributed by atoms with Crippen molar-refractivity contribution in [1.29, 1.82) is 0 Å². The highest BCUT2D eigenvalue weighted by atomic mass is 16.5. The summed E-state index contributed by atoms with van der Waals surface area (Å²) in [5.74, 6) is 1.72. The van der Waals surface area contributed by atoms with Crippen LogP contribution in [0, 0.1) is 0 Å². The minimum absolute atomic E-state index is 0.0428. The minimum atomic E-state index is -0.636. The number of hydrogen-bond acceptors (Lipinski definition) is 10. The Balaban J connectivity index is 1.25. The first-order valence-corrected chi connectivity index (χ1v) is 12.8. The molecule has 1 aliphatic rings. The third-order valence-corrected chi connectivity index (χ3v) is 6.55. The van der Waals surface area contributed by atoms with Gasteiger partial charge in [-0.05, 0) is 43.3 Å². The Labute approximate surface area is 229 Å². The summed E-state index contributed by atoms with van der Waals surface area (Å²) in [6.45, 7) is 5.29. The van der Waals surface area contributed by atoms with Crippen LogP contribution < -0.4 is 20.7 Å². The summed E-state index contributed by atoms with van der Waals surface area (Å²) in [5.41, 5.74) is 17.1. The predicted molar refractivity (Wildman–Crippen MR) is 147 cm³/mol. The van der Waals surface area contributed by atoms with Crippen LogP contribution >= 0.6 is 0 Å². The van der Waals surface area contributed by atoms with E-state index in [-0.39, 0.29) is 17.7 Å². The van der Waals surface area contributed by atoms with Crippen molar-refractivity contribution < 1.29 is 23.5 Å². The van der Waals surface area contributed by atoms with Gasteiger partial charge in [-0.1, -0.05) is 0 Å². The van der Waals surface area contributed by atoms with Crippen molar-refractivity contribution >= 4 is 35.2 Å². The van der Waals surface area contributed by atoms with Crippen LogP contribution in [0.5, 0.6) is 5.75 Å². The maximum Gasteiger partial charge on any atom is 0.295 e. The first-order chi connectivity index (χ1) is 19.5. The Morgan fingerprint density at radius 3 is 2.65 bits per heavy atom. The molecule has 14 nitrogen and oxygen atoms in total. The number of hydrogen-bond donors (Lipinski definition) is 2. The number of carbonyl (C=O) groups excluding carboxylic acids is 1. The molecular weight excluding hydrogens is 516 g/mol. The second-order valence-corrected chi connectivity index (χ2v) is 9.14. The van der Waals surface area contributed by atoms with Gasteiger partial charge in [-0.2, -0.15) is 14.3 Å². The topological polar surface area (TPSA) is 173 Å². The molecule has 0 radical (unpaired) electrons. The molecule has 1 amide bonds. The number of aromatic nitrogens is 4. The highest BCUT2D eigenvalue weighted by Gasteiger charge is 2.27. The number of nitrogens with zero attached hydrogens (tertiary/aromatic N) is 8. The second-order valence-electron chi connectivity index (χ2n) is 9.14. The molecule has 208 valence electrons. The number of amides is 1. The van der Waals surface area contributed by atoms with Crippen molar-refractivity contribution in [3.05, 3.63) is 53.8 Å². The SMILES string of the molecule is COCCOc1ccc(N2CCN(C(=O)C(C)Nc3nc(N)n4nc(-c5ccco5)nc4c3C=[N+]=[N-])CC2)cc1. The summed E-state index contributed by atoms with van der Waals surface area (Å²) < 4.78 is 17.3. The van der Waals surface area contributed by atoms with Crippen LogP contribution in [-0.2, 0) is 9.53 Å². The summed E-state index contributed by atoms with van der Waals surface area (Å²) in [5, 5.41) is 7.46.